The van der Waals surface area contributed by atoms with Gasteiger partial charge in [-0.25, -0.2) is 0 Å². The molecule has 0 aliphatic rings. The van der Waals surface area contributed by atoms with Gasteiger partial charge < -0.3 is 5.32 Å². The fraction of sp³-hybridized carbons (Fsp3) is 0.118. The van der Waals surface area contributed by atoms with E-state index in [0.29, 0.717) is 10.0 Å². The summed E-state index contributed by atoms with van der Waals surface area (Å²) in [5, 5.41) is 5.72. The first kappa shape index (κ1) is 14.3. The monoisotopic (exact) mass is 316 g/mol. The maximum atomic E-state index is 6.36. The molecule has 0 aliphatic heterocycles. The largest absolute Gasteiger partial charge is 0.309 e. The second-order valence-electron chi connectivity index (χ2n) is 4.77. The number of rotatable bonds is 3. The summed E-state index contributed by atoms with van der Waals surface area (Å²) in [6.45, 7) is 0. The topological polar surface area (TPSA) is 24.9 Å². The molecule has 1 aromatic heterocycles. The average molecular weight is 317 g/mol. The van der Waals surface area contributed by atoms with Gasteiger partial charge in [0.1, 0.15) is 0 Å². The maximum absolute atomic E-state index is 6.36. The van der Waals surface area contributed by atoms with Gasteiger partial charge in [0.25, 0.3) is 0 Å². The Morgan fingerprint density at radius 3 is 2.38 bits per heavy atom. The van der Waals surface area contributed by atoms with E-state index in [1.54, 1.807) is 6.20 Å². The molecule has 0 amide bonds. The van der Waals surface area contributed by atoms with Crippen molar-refractivity contribution in [3.8, 4) is 0 Å². The molecule has 1 N–H and O–H groups in total. The smallest absolute Gasteiger partial charge is 0.0705 e. The Kier molecular flexibility index (Phi) is 4.11. The summed E-state index contributed by atoms with van der Waals surface area (Å²) >= 11 is 12.7. The number of fused-ring (bicyclic) bond motifs is 1. The van der Waals surface area contributed by atoms with Crippen LogP contribution >= 0.6 is 23.2 Å². The van der Waals surface area contributed by atoms with Crippen LogP contribution in [0.15, 0.2) is 54.7 Å². The van der Waals surface area contributed by atoms with Crippen molar-refractivity contribution in [2.45, 2.75) is 6.04 Å². The molecule has 2 aromatic carbocycles. The Morgan fingerprint density at radius 1 is 0.952 bits per heavy atom. The van der Waals surface area contributed by atoms with Gasteiger partial charge in [-0.05, 0) is 36.9 Å². The Hall–Kier alpha value is -1.61. The molecule has 0 saturated carbocycles. The van der Waals surface area contributed by atoms with Crippen molar-refractivity contribution in [1.29, 1.82) is 0 Å². The Morgan fingerprint density at radius 2 is 1.67 bits per heavy atom. The molecule has 3 rings (SSSR count). The molecule has 4 heteroatoms. The third-order valence-corrected chi connectivity index (χ3v) is 4.23. The van der Waals surface area contributed by atoms with Crippen LogP contribution in [0.25, 0.3) is 10.9 Å². The number of nitrogens with one attached hydrogen (secondary N) is 1. The van der Waals surface area contributed by atoms with Gasteiger partial charge in [0, 0.05) is 27.2 Å². The molecular formula is C17H14Cl2N2. The normalized spacial score (nSPS) is 12.5. The zero-order chi connectivity index (χ0) is 14.8. The highest BCUT2D eigenvalue weighted by Crippen LogP contribution is 2.36. The number of nitrogens with zero attached hydrogens (tertiary/aromatic N) is 1. The summed E-state index contributed by atoms with van der Waals surface area (Å²) in [5.41, 5.74) is 2.95. The van der Waals surface area contributed by atoms with Gasteiger partial charge in [-0.15, -0.1) is 0 Å². The van der Waals surface area contributed by atoms with E-state index < -0.39 is 0 Å². The van der Waals surface area contributed by atoms with E-state index >= 15 is 0 Å². The second-order valence-corrected chi connectivity index (χ2v) is 5.59. The van der Waals surface area contributed by atoms with Gasteiger partial charge >= 0.3 is 0 Å². The molecule has 1 unspecified atom stereocenters. The van der Waals surface area contributed by atoms with Gasteiger partial charge in [-0.3, -0.25) is 4.98 Å². The highest BCUT2D eigenvalue weighted by Gasteiger charge is 2.20. The van der Waals surface area contributed by atoms with Gasteiger partial charge in [-0.1, -0.05) is 47.5 Å². The van der Waals surface area contributed by atoms with Crippen molar-refractivity contribution >= 4 is 34.1 Å². The minimum absolute atomic E-state index is 0.0842. The van der Waals surface area contributed by atoms with Gasteiger partial charge in [-0.2, -0.15) is 0 Å². The van der Waals surface area contributed by atoms with Crippen LogP contribution in [0.3, 0.4) is 0 Å². The summed E-state index contributed by atoms with van der Waals surface area (Å²) < 4.78 is 0. The Bertz CT molecular complexity index is 761. The van der Waals surface area contributed by atoms with Gasteiger partial charge in [0.15, 0.2) is 0 Å². The lowest BCUT2D eigenvalue weighted by molar-refractivity contribution is 0.697. The van der Waals surface area contributed by atoms with Crippen molar-refractivity contribution in [3.05, 3.63) is 75.9 Å². The number of hydrogen-bond donors (Lipinski definition) is 1. The lowest BCUT2D eigenvalue weighted by Gasteiger charge is -2.21. The second kappa shape index (κ2) is 6.02. The fourth-order valence-corrected chi connectivity index (χ4v) is 3.24. The van der Waals surface area contributed by atoms with Gasteiger partial charge in [0.05, 0.1) is 11.6 Å². The van der Waals surface area contributed by atoms with Crippen molar-refractivity contribution < 1.29 is 0 Å². The standard InChI is InChI=1S/C17H14Cl2N2/c1-20-17(16-13(18)7-3-8-14(16)19)12-5-2-9-15-11(12)6-4-10-21-15/h2-10,17,20H,1H3. The van der Waals surface area contributed by atoms with Crippen molar-refractivity contribution in [1.82, 2.24) is 10.3 Å². The highest BCUT2D eigenvalue weighted by atomic mass is 35.5. The lowest BCUT2D eigenvalue weighted by atomic mass is 9.95. The molecule has 21 heavy (non-hydrogen) atoms. The molecule has 1 heterocycles. The van der Waals surface area contributed by atoms with E-state index in [0.717, 1.165) is 22.0 Å². The van der Waals surface area contributed by atoms with Crippen LogP contribution in [0, 0.1) is 0 Å². The molecule has 106 valence electrons. The molecule has 0 aliphatic carbocycles. The first-order valence-corrected chi connectivity index (χ1v) is 7.43. The van der Waals surface area contributed by atoms with E-state index in [-0.39, 0.29) is 6.04 Å². The summed E-state index contributed by atoms with van der Waals surface area (Å²) in [6, 6.07) is 15.6. The summed E-state index contributed by atoms with van der Waals surface area (Å²) in [6.07, 6.45) is 1.79. The molecular weight excluding hydrogens is 303 g/mol. The van der Waals surface area contributed by atoms with Crippen molar-refractivity contribution in [2.75, 3.05) is 7.05 Å². The predicted molar refractivity (Wildman–Crippen MR) is 89.1 cm³/mol. The third kappa shape index (κ3) is 2.62. The van der Waals surface area contributed by atoms with Crippen LogP contribution in [-0.2, 0) is 0 Å². The van der Waals surface area contributed by atoms with Crippen molar-refractivity contribution in [2.24, 2.45) is 0 Å². The Balaban J connectivity index is 2.24. The molecule has 0 radical (unpaired) electrons. The van der Waals surface area contributed by atoms with Crippen LogP contribution in [0.4, 0.5) is 0 Å². The van der Waals surface area contributed by atoms with Crippen molar-refractivity contribution in [3.63, 3.8) is 0 Å². The third-order valence-electron chi connectivity index (χ3n) is 3.57. The van der Waals surface area contributed by atoms with Crippen LogP contribution in [0.1, 0.15) is 17.2 Å². The van der Waals surface area contributed by atoms with Crippen LogP contribution in [0.2, 0.25) is 10.0 Å². The molecule has 0 spiro atoms. The minimum Gasteiger partial charge on any atom is -0.309 e. The van der Waals surface area contributed by atoms with E-state index in [4.69, 9.17) is 23.2 Å². The maximum Gasteiger partial charge on any atom is 0.0705 e. The first-order chi connectivity index (χ1) is 10.2. The predicted octanol–water partition coefficient (Wildman–Crippen LogP) is 4.85. The average Bonchev–Trinajstić information content (AvgIpc) is 2.51. The van der Waals surface area contributed by atoms with Crippen LogP contribution in [-0.4, -0.2) is 12.0 Å². The summed E-state index contributed by atoms with van der Waals surface area (Å²) in [5.74, 6) is 0. The highest BCUT2D eigenvalue weighted by molar-refractivity contribution is 6.36. The van der Waals surface area contributed by atoms with Gasteiger partial charge in [0.2, 0.25) is 0 Å². The quantitative estimate of drug-likeness (QED) is 0.747. The summed E-state index contributed by atoms with van der Waals surface area (Å²) in [4.78, 5) is 4.40. The van der Waals surface area contributed by atoms with E-state index in [1.165, 1.54) is 0 Å². The zero-order valence-electron chi connectivity index (χ0n) is 11.5. The first-order valence-electron chi connectivity index (χ1n) is 6.67. The van der Waals surface area contributed by atoms with Crippen LogP contribution in [0.5, 0.6) is 0 Å². The molecule has 0 bridgehead atoms. The SMILES string of the molecule is CNC(c1c(Cl)cccc1Cl)c1cccc2ncccc12. The van der Waals surface area contributed by atoms with Crippen LogP contribution < -0.4 is 5.32 Å². The molecule has 2 nitrogen and oxygen atoms in total. The number of pyridine rings is 1. The lowest BCUT2D eigenvalue weighted by Crippen LogP contribution is -2.19. The number of benzene rings is 2. The summed E-state index contributed by atoms with van der Waals surface area (Å²) in [7, 11) is 1.90. The van der Waals surface area contributed by atoms with E-state index in [9.17, 15) is 0 Å². The molecule has 1 atom stereocenters. The minimum atomic E-state index is -0.0842. The number of hydrogen-bond acceptors (Lipinski definition) is 2. The molecule has 0 fully saturated rings. The molecule has 0 saturated heterocycles. The van der Waals surface area contributed by atoms with E-state index in [2.05, 4.69) is 22.4 Å². The zero-order valence-corrected chi connectivity index (χ0v) is 13.0. The number of halogens is 2. The Labute approximate surface area is 133 Å². The van der Waals surface area contributed by atoms with E-state index in [1.807, 2.05) is 43.4 Å². The number of aromatic nitrogens is 1. The fourth-order valence-electron chi connectivity index (χ4n) is 2.62. The molecule has 3 aromatic rings.